The van der Waals surface area contributed by atoms with Crippen molar-refractivity contribution in [3.05, 3.63) is 51.5 Å². The fourth-order valence-electron chi connectivity index (χ4n) is 1.95. The zero-order chi connectivity index (χ0) is 16.3. The van der Waals surface area contributed by atoms with E-state index in [1.165, 1.54) is 26.2 Å². The van der Waals surface area contributed by atoms with Crippen molar-refractivity contribution < 1.29 is 18.7 Å². The molecular weight excluding hydrogens is 305 g/mol. The molecule has 0 unspecified atom stereocenters. The smallest absolute Gasteiger partial charge is 0.261 e. The number of halogens is 1. The second kappa shape index (κ2) is 6.70. The van der Waals surface area contributed by atoms with Crippen LogP contribution in [0.1, 0.15) is 44.8 Å². The van der Waals surface area contributed by atoms with E-state index in [1.54, 1.807) is 25.1 Å². The monoisotopic (exact) mass is 321 g/mol. The van der Waals surface area contributed by atoms with Gasteiger partial charge in [0.1, 0.15) is 0 Å². The number of amides is 1. The molecule has 0 fully saturated rings. The van der Waals surface area contributed by atoms with Gasteiger partial charge >= 0.3 is 0 Å². The predicted molar refractivity (Wildman–Crippen MR) is 83.2 cm³/mol. The zero-order valence-electron chi connectivity index (χ0n) is 12.5. The Morgan fingerprint density at radius 1 is 1.23 bits per heavy atom. The van der Waals surface area contributed by atoms with Crippen LogP contribution >= 0.6 is 11.3 Å². The molecule has 1 heterocycles. The van der Waals surface area contributed by atoms with Gasteiger partial charge in [-0.25, -0.2) is 4.39 Å². The Morgan fingerprint density at radius 3 is 2.45 bits per heavy atom. The topological polar surface area (TPSA) is 55.4 Å². The van der Waals surface area contributed by atoms with Crippen molar-refractivity contribution in [3.63, 3.8) is 0 Å². The number of ketones is 1. The Balaban J connectivity index is 2.10. The van der Waals surface area contributed by atoms with E-state index < -0.39 is 5.82 Å². The summed E-state index contributed by atoms with van der Waals surface area (Å²) in [6.07, 6.45) is 0. The highest BCUT2D eigenvalue weighted by Crippen LogP contribution is 2.23. The van der Waals surface area contributed by atoms with Crippen LogP contribution in [0.25, 0.3) is 0 Å². The van der Waals surface area contributed by atoms with E-state index in [4.69, 9.17) is 4.74 Å². The third-order valence-electron chi connectivity index (χ3n) is 3.20. The summed E-state index contributed by atoms with van der Waals surface area (Å²) in [6, 6.07) is 7.42. The Morgan fingerprint density at radius 2 is 1.91 bits per heavy atom. The summed E-state index contributed by atoms with van der Waals surface area (Å²) in [5.41, 5.74) is 0.634. The normalized spacial score (nSPS) is 11.8. The SMILES string of the molecule is COc1ccc([C@H](C)NC(=O)c2ccc(C(C)=O)s2)cc1F. The molecule has 0 bridgehead atoms. The van der Waals surface area contributed by atoms with Crippen molar-refractivity contribution in [3.8, 4) is 5.75 Å². The molecule has 1 aromatic carbocycles. The van der Waals surface area contributed by atoms with Crippen LogP contribution in [0, 0.1) is 5.82 Å². The molecular formula is C16H16FNO3S. The van der Waals surface area contributed by atoms with E-state index in [0.29, 0.717) is 15.3 Å². The molecule has 22 heavy (non-hydrogen) atoms. The highest BCUT2D eigenvalue weighted by Gasteiger charge is 2.16. The van der Waals surface area contributed by atoms with Crippen LogP contribution < -0.4 is 10.1 Å². The van der Waals surface area contributed by atoms with E-state index in [-0.39, 0.29) is 23.5 Å². The van der Waals surface area contributed by atoms with Gasteiger partial charge in [-0.1, -0.05) is 6.07 Å². The lowest BCUT2D eigenvalue weighted by Gasteiger charge is -2.14. The average molecular weight is 321 g/mol. The number of rotatable bonds is 5. The van der Waals surface area contributed by atoms with E-state index >= 15 is 0 Å². The maximum absolute atomic E-state index is 13.7. The van der Waals surface area contributed by atoms with Gasteiger partial charge in [0.15, 0.2) is 17.3 Å². The number of Topliss-reactive ketones (excluding diaryl/α,β-unsaturated/α-hetero) is 1. The number of methoxy groups -OCH3 is 1. The summed E-state index contributed by atoms with van der Waals surface area (Å²) >= 11 is 1.14. The van der Waals surface area contributed by atoms with Crippen molar-refractivity contribution in [2.45, 2.75) is 19.9 Å². The Labute approximate surface area is 131 Å². The lowest BCUT2D eigenvalue weighted by atomic mass is 10.1. The summed E-state index contributed by atoms with van der Waals surface area (Å²) in [7, 11) is 1.40. The lowest BCUT2D eigenvalue weighted by Crippen LogP contribution is -2.25. The second-order valence-electron chi connectivity index (χ2n) is 4.81. The number of hydrogen-bond donors (Lipinski definition) is 1. The number of nitrogens with one attached hydrogen (secondary N) is 1. The van der Waals surface area contributed by atoms with Gasteiger partial charge in [0, 0.05) is 0 Å². The number of ether oxygens (including phenoxy) is 1. The van der Waals surface area contributed by atoms with Gasteiger partial charge in [-0.3, -0.25) is 9.59 Å². The first kappa shape index (κ1) is 16.2. The molecule has 2 rings (SSSR count). The summed E-state index contributed by atoms with van der Waals surface area (Å²) < 4.78 is 18.6. The molecule has 6 heteroatoms. The van der Waals surface area contributed by atoms with E-state index in [2.05, 4.69) is 5.32 Å². The van der Waals surface area contributed by atoms with Gasteiger partial charge in [0.25, 0.3) is 5.91 Å². The first-order valence-corrected chi connectivity index (χ1v) is 7.49. The summed E-state index contributed by atoms with van der Waals surface area (Å²) in [5.74, 6) is -0.682. The number of thiophene rings is 1. The van der Waals surface area contributed by atoms with E-state index in [1.807, 2.05) is 0 Å². The Kier molecular flexibility index (Phi) is 4.92. The quantitative estimate of drug-likeness (QED) is 0.856. The molecule has 0 aliphatic carbocycles. The molecule has 0 aliphatic rings. The minimum atomic E-state index is -0.476. The standard InChI is InChI=1S/C16H16FNO3S/c1-9(11-4-5-13(21-3)12(17)8-11)18-16(20)15-7-6-14(22-15)10(2)19/h4-9H,1-3H3,(H,18,20)/t9-/m0/s1. The summed E-state index contributed by atoms with van der Waals surface area (Å²) in [5, 5.41) is 2.78. The lowest BCUT2D eigenvalue weighted by molar-refractivity contribution is 0.0943. The van der Waals surface area contributed by atoms with Crippen molar-refractivity contribution in [1.82, 2.24) is 5.32 Å². The maximum Gasteiger partial charge on any atom is 0.261 e. The van der Waals surface area contributed by atoms with Crippen molar-refractivity contribution >= 4 is 23.0 Å². The largest absolute Gasteiger partial charge is 0.494 e. The molecule has 0 radical (unpaired) electrons. The second-order valence-corrected chi connectivity index (χ2v) is 5.89. The van der Waals surface area contributed by atoms with Crippen LogP contribution in [-0.4, -0.2) is 18.8 Å². The maximum atomic E-state index is 13.7. The number of carbonyl (C=O) groups excluding carboxylic acids is 2. The molecule has 2 aromatic rings. The molecule has 1 atom stereocenters. The van der Waals surface area contributed by atoms with Crippen molar-refractivity contribution in [2.75, 3.05) is 7.11 Å². The predicted octanol–water partition coefficient (Wildman–Crippen LogP) is 3.59. The minimum absolute atomic E-state index is 0.0747. The van der Waals surface area contributed by atoms with Gasteiger partial charge in [0.05, 0.1) is 22.9 Å². The highest BCUT2D eigenvalue weighted by molar-refractivity contribution is 7.15. The molecule has 0 aliphatic heterocycles. The zero-order valence-corrected chi connectivity index (χ0v) is 13.3. The van der Waals surface area contributed by atoms with Crippen molar-refractivity contribution in [2.24, 2.45) is 0 Å². The Hall–Kier alpha value is -2.21. The average Bonchev–Trinajstić information content (AvgIpc) is 2.97. The first-order chi connectivity index (χ1) is 10.4. The van der Waals surface area contributed by atoms with Gasteiger partial charge in [-0.15, -0.1) is 11.3 Å². The fraction of sp³-hybridized carbons (Fsp3) is 0.250. The molecule has 0 saturated carbocycles. The third-order valence-corrected chi connectivity index (χ3v) is 4.39. The van der Waals surface area contributed by atoms with E-state index in [9.17, 15) is 14.0 Å². The first-order valence-electron chi connectivity index (χ1n) is 6.67. The molecule has 1 N–H and O–H groups in total. The van der Waals surface area contributed by atoms with Crippen LogP contribution in [-0.2, 0) is 0 Å². The minimum Gasteiger partial charge on any atom is -0.494 e. The van der Waals surface area contributed by atoms with Gasteiger partial charge in [-0.05, 0) is 43.7 Å². The third kappa shape index (κ3) is 3.51. The fourth-order valence-corrected chi connectivity index (χ4v) is 2.76. The van der Waals surface area contributed by atoms with E-state index in [0.717, 1.165) is 11.3 Å². The molecule has 1 amide bonds. The van der Waals surface area contributed by atoms with Gasteiger partial charge in [0.2, 0.25) is 0 Å². The van der Waals surface area contributed by atoms with Crippen LogP contribution in [0.2, 0.25) is 0 Å². The highest BCUT2D eigenvalue weighted by atomic mass is 32.1. The summed E-state index contributed by atoms with van der Waals surface area (Å²) in [4.78, 5) is 24.4. The van der Waals surface area contributed by atoms with Crippen LogP contribution in [0.4, 0.5) is 4.39 Å². The molecule has 0 saturated heterocycles. The molecule has 4 nitrogen and oxygen atoms in total. The molecule has 0 spiro atoms. The van der Waals surface area contributed by atoms with Crippen LogP contribution in [0.5, 0.6) is 5.75 Å². The van der Waals surface area contributed by atoms with Gasteiger partial charge < -0.3 is 10.1 Å². The molecule has 1 aromatic heterocycles. The number of benzene rings is 1. The summed E-state index contributed by atoms with van der Waals surface area (Å²) in [6.45, 7) is 3.22. The van der Waals surface area contributed by atoms with Crippen LogP contribution in [0.15, 0.2) is 30.3 Å². The van der Waals surface area contributed by atoms with Gasteiger partial charge in [-0.2, -0.15) is 0 Å². The Bertz CT molecular complexity index is 711. The number of hydrogen-bond acceptors (Lipinski definition) is 4. The van der Waals surface area contributed by atoms with Crippen LogP contribution in [0.3, 0.4) is 0 Å². The van der Waals surface area contributed by atoms with Crippen molar-refractivity contribution in [1.29, 1.82) is 0 Å². The number of carbonyl (C=O) groups is 2. The molecule has 116 valence electrons.